The first-order chi connectivity index (χ1) is 6.36. The Morgan fingerprint density at radius 1 is 1.54 bits per heavy atom. The Hall–Kier alpha value is -0.710. The molecule has 0 fully saturated rings. The Morgan fingerprint density at radius 3 is 3.08 bits per heavy atom. The van der Waals surface area contributed by atoms with E-state index in [9.17, 15) is 5.11 Å². The van der Waals surface area contributed by atoms with Crippen LogP contribution < -0.4 is 0 Å². The number of rotatable bonds is 3. The molecule has 2 aromatic rings. The Labute approximate surface area is 84.5 Å². The van der Waals surface area contributed by atoms with Crippen LogP contribution in [0.2, 0.25) is 0 Å². The van der Waals surface area contributed by atoms with Crippen molar-refractivity contribution in [1.29, 1.82) is 0 Å². The van der Waals surface area contributed by atoms with Gasteiger partial charge in [-0.05, 0) is 22.4 Å². The van der Waals surface area contributed by atoms with Gasteiger partial charge < -0.3 is 5.11 Å². The lowest BCUT2D eigenvalue weighted by Gasteiger charge is -2.05. The smallest absolute Gasteiger partial charge is 0.0846 e. The molecule has 13 heavy (non-hydrogen) atoms. The first-order valence-electron chi connectivity index (χ1n) is 3.94. The first-order valence-corrected chi connectivity index (χ1v) is 5.76. The van der Waals surface area contributed by atoms with Crippen molar-refractivity contribution in [2.75, 3.05) is 0 Å². The largest absolute Gasteiger partial charge is 0.388 e. The molecule has 0 saturated carbocycles. The quantitative estimate of drug-likeness (QED) is 0.846. The minimum Gasteiger partial charge on any atom is -0.388 e. The molecule has 2 heterocycles. The van der Waals surface area contributed by atoms with Gasteiger partial charge in [0, 0.05) is 17.5 Å². The molecule has 0 bridgehead atoms. The third-order valence-electron chi connectivity index (χ3n) is 1.81. The van der Waals surface area contributed by atoms with Gasteiger partial charge in [-0.15, -0.1) is 11.3 Å². The van der Waals surface area contributed by atoms with Crippen molar-refractivity contribution in [2.45, 2.75) is 12.5 Å². The minimum atomic E-state index is -0.383. The molecule has 1 atom stereocenters. The van der Waals surface area contributed by atoms with E-state index in [1.807, 2.05) is 16.8 Å². The number of thiazole rings is 1. The molecule has 0 saturated heterocycles. The van der Waals surface area contributed by atoms with E-state index in [2.05, 4.69) is 4.98 Å². The van der Waals surface area contributed by atoms with Crippen molar-refractivity contribution in [3.8, 4) is 0 Å². The maximum Gasteiger partial charge on any atom is 0.0846 e. The van der Waals surface area contributed by atoms with Gasteiger partial charge in [-0.25, -0.2) is 0 Å². The molecule has 1 unspecified atom stereocenters. The number of thiophene rings is 1. The van der Waals surface area contributed by atoms with Crippen LogP contribution in [0.1, 0.15) is 16.5 Å². The fourth-order valence-electron chi connectivity index (χ4n) is 1.12. The number of hydrogen-bond donors (Lipinski definition) is 1. The van der Waals surface area contributed by atoms with Gasteiger partial charge in [0.1, 0.15) is 0 Å². The molecule has 4 heteroatoms. The van der Waals surface area contributed by atoms with Crippen molar-refractivity contribution in [3.05, 3.63) is 39.0 Å². The van der Waals surface area contributed by atoms with Crippen LogP contribution in [0.15, 0.2) is 28.5 Å². The van der Waals surface area contributed by atoms with Gasteiger partial charge in [0.25, 0.3) is 0 Å². The van der Waals surface area contributed by atoms with E-state index in [4.69, 9.17) is 0 Å². The normalized spacial score (nSPS) is 13.0. The summed E-state index contributed by atoms with van der Waals surface area (Å²) in [5.41, 5.74) is 2.79. The van der Waals surface area contributed by atoms with Gasteiger partial charge in [0.05, 0.1) is 11.6 Å². The Morgan fingerprint density at radius 2 is 2.46 bits per heavy atom. The van der Waals surface area contributed by atoms with Crippen LogP contribution in [0, 0.1) is 0 Å². The van der Waals surface area contributed by atoms with Crippen LogP contribution in [-0.4, -0.2) is 10.1 Å². The van der Waals surface area contributed by atoms with Gasteiger partial charge in [0.15, 0.2) is 0 Å². The minimum absolute atomic E-state index is 0.383. The summed E-state index contributed by atoms with van der Waals surface area (Å²) in [6.45, 7) is 0. The van der Waals surface area contributed by atoms with E-state index in [0.29, 0.717) is 6.42 Å². The number of aliphatic hydroxyl groups excluding tert-OH is 1. The Bertz CT molecular complexity index is 342. The van der Waals surface area contributed by atoms with Gasteiger partial charge >= 0.3 is 0 Å². The molecular weight excluding hydrogens is 202 g/mol. The number of nitrogens with zero attached hydrogens (tertiary/aromatic N) is 1. The predicted octanol–water partition coefficient (Wildman–Crippen LogP) is 2.48. The van der Waals surface area contributed by atoms with Crippen LogP contribution in [-0.2, 0) is 6.42 Å². The molecule has 0 aliphatic carbocycles. The molecule has 0 spiro atoms. The monoisotopic (exact) mass is 211 g/mol. The average Bonchev–Trinajstić information content (AvgIpc) is 2.74. The van der Waals surface area contributed by atoms with Crippen LogP contribution in [0.4, 0.5) is 0 Å². The van der Waals surface area contributed by atoms with E-state index in [1.54, 1.807) is 34.4 Å². The highest BCUT2D eigenvalue weighted by Crippen LogP contribution is 2.21. The van der Waals surface area contributed by atoms with Crippen LogP contribution >= 0.6 is 22.7 Å². The van der Waals surface area contributed by atoms with Crippen molar-refractivity contribution >= 4 is 22.7 Å². The molecule has 2 aromatic heterocycles. The first kappa shape index (κ1) is 8.87. The zero-order chi connectivity index (χ0) is 9.10. The summed E-state index contributed by atoms with van der Waals surface area (Å²) in [5, 5.41) is 13.7. The Kier molecular flexibility index (Phi) is 2.73. The summed E-state index contributed by atoms with van der Waals surface area (Å²) in [6, 6.07) is 1.95. The maximum absolute atomic E-state index is 9.77. The van der Waals surface area contributed by atoms with Crippen molar-refractivity contribution in [2.24, 2.45) is 0 Å². The van der Waals surface area contributed by atoms with Gasteiger partial charge in [-0.2, -0.15) is 11.3 Å². The van der Waals surface area contributed by atoms with E-state index < -0.39 is 0 Å². The summed E-state index contributed by atoms with van der Waals surface area (Å²) in [6.07, 6.45) is 2.09. The third kappa shape index (κ3) is 2.15. The SMILES string of the molecule is OC(Cc1cncs1)c1ccsc1. The molecule has 68 valence electrons. The zero-order valence-electron chi connectivity index (χ0n) is 6.88. The summed E-state index contributed by atoms with van der Waals surface area (Å²) in [5.74, 6) is 0. The molecule has 0 radical (unpaired) electrons. The highest BCUT2D eigenvalue weighted by atomic mass is 32.1. The van der Waals surface area contributed by atoms with E-state index in [1.165, 1.54) is 0 Å². The van der Waals surface area contributed by atoms with Gasteiger partial charge in [-0.1, -0.05) is 0 Å². The van der Waals surface area contributed by atoms with Crippen LogP contribution in [0.5, 0.6) is 0 Å². The second kappa shape index (κ2) is 4.00. The summed E-state index contributed by atoms with van der Waals surface area (Å²) >= 11 is 3.19. The molecule has 0 amide bonds. The highest BCUT2D eigenvalue weighted by Gasteiger charge is 2.09. The van der Waals surface area contributed by atoms with E-state index in [0.717, 1.165) is 10.4 Å². The van der Waals surface area contributed by atoms with Gasteiger partial charge in [0.2, 0.25) is 0 Å². The lowest BCUT2D eigenvalue weighted by Crippen LogP contribution is -1.98. The highest BCUT2D eigenvalue weighted by molar-refractivity contribution is 7.09. The number of hydrogen-bond acceptors (Lipinski definition) is 4. The topological polar surface area (TPSA) is 33.1 Å². The summed E-state index contributed by atoms with van der Waals surface area (Å²) in [4.78, 5) is 5.09. The second-order valence-corrected chi connectivity index (χ2v) is 4.50. The van der Waals surface area contributed by atoms with Crippen LogP contribution in [0.3, 0.4) is 0 Å². The van der Waals surface area contributed by atoms with E-state index >= 15 is 0 Å². The Balaban J connectivity index is 2.04. The van der Waals surface area contributed by atoms with Crippen molar-refractivity contribution < 1.29 is 5.11 Å². The fourth-order valence-corrected chi connectivity index (χ4v) is 2.46. The zero-order valence-corrected chi connectivity index (χ0v) is 8.52. The van der Waals surface area contributed by atoms with Gasteiger partial charge in [-0.3, -0.25) is 4.98 Å². The predicted molar refractivity (Wildman–Crippen MR) is 55.1 cm³/mol. The van der Waals surface area contributed by atoms with E-state index in [-0.39, 0.29) is 6.10 Å². The molecule has 1 N–H and O–H groups in total. The molecule has 2 nitrogen and oxygen atoms in total. The molecule has 2 rings (SSSR count). The maximum atomic E-state index is 9.77. The lowest BCUT2D eigenvalue weighted by atomic mass is 10.1. The molecule has 0 aromatic carbocycles. The lowest BCUT2D eigenvalue weighted by molar-refractivity contribution is 0.180. The van der Waals surface area contributed by atoms with Crippen molar-refractivity contribution in [1.82, 2.24) is 4.98 Å². The summed E-state index contributed by atoms with van der Waals surface area (Å²) in [7, 11) is 0. The standard InChI is InChI=1S/C9H9NOS2/c11-9(7-1-2-12-5-7)3-8-4-10-6-13-8/h1-2,4-6,9,11H,3H2. The second-order valence-electron chi connectivity index (χ2n) is 2.74. The molecular formula is C9H9NOS2. The molecule has 0 aliphatic heterocycles. The third-order valence-corrected chi connectivity index (χ3v) is 3.31. The summed E-state index contributed by atoms with van der Waals surface area (Å²) < 4.78 is 0. The molecule has 0 aliphatic rings. The fraction of sp³-hybridized carbons (Fsp3) is 0.222. The van der Waals surface area contributed by atoms with Crippen molar-refractivity contribution in [3.63, 3.8) is 0 Å². The number of aliphatic hydroxyl groups is 1. The average molecular weight is 211 g/mol. The van der Waals surface area contributed by atoms with Crippen LogP contribution in [0.25, 0.3) is 0 Å². The number of aromatic nitrogens is 1.